The molecule has 0 radical (unpaired) electrons. The van der Waals surface area contributed by atoms with Gasteiger partial charge in [-0.25, -0.2) is 0 Å². The molecule has 4 aliphatic carbocycles. The molecule has 4 rings (SSSR count). The van der Waals surface area contributed by atoms with Crippen molar-refractivity contribution in [1.29, 1.82) is 0 Å². The number of hydrogen-bond acceptors (Lipinski definition) is 7. The highest BCUT2D eigenvalue weighted by Crippen LogP contribution is 2.65. The lowest BCUT2D eigenvalue weighted by molar-refractivity contribution is -0.777. The fourth-order valence-corrected chi connectivity index (χ4v) is 6.04. The van der Waals surface area contributed by atoms with E-state index in [0.29, 0.717) is 12.5 Å². The minimum absolute atomic E-state index is 0.207. The van der Waals surface area contributed by atoms with Crippen molar-refractivity contribution in [2.75, 3.05) is 26.9 Å². The third-order valence-corrected chi connectivity index (χ3v) is 6.31. The van der Waals surface area contributed by atoms with Crippen LogP contribution in [0.25, 0.3) is 0 Å². The molecule has 0 heterocycles. The van der Waals surface area contributed by atoms with E-state index in [-0.39, 0.29) is 35.3 Å². The van der Waals surface area contributed by atoms with Gasteiger partial charge < -0.3 is 19.5 Å². The molecule has 4 atom stereocenters. The highest BCUT2D eigenvalue weighted by atomic mass is 32.2. The van der Waals surface area contributed by atoms with Crippen molar-refractivity contribution in [2.45, 2.75) is 61.9 Å². The summed E-state index contributed by atoms with van der Waals surface area (Å²) in [5, 5.41) is 9.33. The number of alkyl halides is 2. The second-order valence-electron chi connectivity index (χ2n) is 7.86. The fourth-order valence-electron chi connectivity index (χ4n) is 5.79. The third-order valence-electron chi connectivity index (χ3n) is 5.83. The summed E-state index contributed by atoms with van der Waals surface area (Å²) in [6, 6.07) is 0. The molecule has 4 bridgehead atoms. The Balaban J connectivity index is 1.66. The van der Waals surface area contributed by atoms with Gasteiger partial charge in [0, 0.05) is 20.1 Å². The molecular formula is C16H25F2O6S-. The van der Waals surface area contributed by atoms with Crippen molar-refractivity contribution in [1.82, 2.24) is 0 Å². The Kier molecular flexibility index (Phi) is 5.66. The van der Waals surface area contributed by atoms with E-state index in [4.69, 9.17) is 14.2 Å². The van der Waals surface area contributed by atoms with Gasteiger partial charge in [0.05, 0.1) is 17.8 Å². The summed E-state index contributed by atoms with van der Waals surface area (Å²) in [7, 11) is 1.73. The van der Waals surface area contributed by atoms with Gasteiger partial charge in [0.25, 0.3) is 0 Å². The predicted octanol–water partition coefficient (Wildman–Crippen LogP) is 2.61. The molecule has 0 spiro atoms. The van der Waals surface area contributed by atoms with Crippen LogP contribution in [0, 0.1) is 11.3 Å². The summed E-state index contributed by atoms with van der Waals surface area (Å²) < 4.78 is 48.2. The first-order valence-electron chi connectivity index (χ1n) is 8.59. The quantitative estimate of drug-likeness (QED) is 0.326. The van der Waals surface area contributed by atoms with Crippen LogP contribution in [0.1, 0.15) is 45.4 Å². The average molecular weight is 383 g/mol. The van der Waals surface area contributed by atoms with E-state index in [1.54, 1.807) is 7.11 Å². The first-order chi connectivity index (χ1) is 11.8. The number of rotatable bonds is 10. The molecule has 0 aromatic rings. The zero-order valence-electron chi connectivity index (χ0n) is 14.6. The van der Waals surface area contributed by atoms with E-state index in [1.807, 2.05) is 6.92 Å². The van der Waals surface area contributed by atoms with Crippen molar-refractivity contribution in [3.05, 3.63) is 0 Å². The summed E-state index contributed by atoms with van der Waals surface area (Å²) in [5.41, 5.74) is -0.680. The van der Waals surface area contributed by atoms with Crippen LogP contribution in [-0.2, 0) is 23.6 Å². The first-order valence-corrected chi connectivity index (χ1v) is 9.33. The van der Waals surface area contributed by atoms with Crippen LogP contribution in [0.3, 0.4) is 0 Å². The van der Waals surface area contributed by atoms with Crippen LogP contribution in [0.15, 0.2) is 0 Å². The highest BCUT2D eigenvalue weighted by molar-refractivity contribution is 7.95. The molecule has 6 nitrogen and oxygen atoms in total. The molecule has 4 fully saturated rings. The minimum Gasteiger partial charge on any atom is -0.691 e. The molecule has 4 unspecified atom stereocenters. The van der Waals surface area contributed by atoms with E-state index >= 15 is 0 Å². The molecule has 4 saturated carbocycles. The van der Waals surface area contributed by atoms with Gasteiger partial charge >= 0.3 is 5.25 Å². The second kappa shape index (κ2) is 7.18. The zero-order chi connectivity index (χ0) is 18.2. The fraction of sp³-hybridized carbons (Fsp3) is 1.00. The molecule has 146 valence electrons. The van der Waals surface area contributed by atoms with Crippen molar-refractivity contribution >= 4 is 12.0 Å². The van der Waals surface area contributed by atoms with E-state index in [9.17, 15) is 14.0 Å². The van der Waals surface area contributed by atoms with Gasteiger partial charge in [-0.15, -0.1) is 0 Å². The second-order valence-corrected chi connectivity index (χ2v) is 8.76. The summed E-state index contributed by atoms with van der Waals surface area (Å²) in [6.07, 6.45) is 5.44. The maximum atomic E-state index is 13.6. The van der Waals surface area contributed by atoms with Gasteiger partial charge in [-0.1, -0.05) is 0 Å². The van der Waals surface area contributed by atoms with Gasteiger partial charge in [0.1, 0.15) is 18.6 Å². The zero-order valence-corrected chi connectivity index (χ0v) is 15.4. The summed E-state index contributed by atoms with van der Waals surface area (Å²) >= 11 is -0.336. The smallest absolute Gasteiger partial charge is 0.343 e. The Morgan fingerprint density at radius 3 is 2.56 bits per heavy atom. The molecule has 0 amide bonds. The summed E-state index contributed by atoms with van der Waals surface area (Å²) in [6.45, 7) is 1.99. The van der Waals surface area contributed by atoms with Crippen molar-refractivity contribution < 1.29 is 37.6 Å². The molecular weight excluding hydrogens is 358 g/mol. The SMILES string of the molecule is CCOC12CC3CC(COCC(F)(F)SOO[O-])(CC(OC)(C3)C1)C2. The van der Waals surface area contributed by atoms with E-state index in [2.05, 4.69) is 9.37 Å². The maximum Gasteiger partial charge on any atom is 0.343 e. The van der Waals surface area contributed by atoms with Crippen LogP contribution < -0.4 is 5.26 Å². The number of hydrogen-bond donors (Lipinski definition) is 0. The van der Waals surface area contributed by atoms with E-state index in [0.717, 1.165) is 38.5 Å². The van der Waals surface area contributed by atoms with Gasteiger partial charge in [0.2, 0.25) is 0 Å². The van der Waals surface area contributed by atoms with Crippen LogP contribution in [0.4, 0.5) is 8.78 Å². The minimum atomic E-state index is -3.34. The lowest BCUT2D eigenvalue weighted by Crippen LogP contribution is -2.65. The molecule has 0 saturated heterocycles. The first kappa shape index (κ1) is 19.7. The van der Waals surface area contributed by atoms with E-state index < -0.39 is 11.9 Å². The normalized spacial score (nSPS) is 40.0. The number of methoxy groups -OCH3 is 1. The highest BCUT2D eigenvalue weighted by Gasteiger charge is 2.64. The van der Waals surface area contributed by atoms with Crippen LogP contribution in [0.2, 0.25) is 0 Å². The molecule has 0 aromatic carbocycles. The Bertz CT molecular complexity index is 484. The monoisotopic (exact) mass is 383 g/mol. The lowest BCUT2D eigenvalue weighted by Gasteiger charge is -2.65. The maximum absolute atomic E-state index is 13.6. The Hall–Kier alpha value is -0.0300. The van der Waals surface area contributed by atoms with Gasteiger partial charge in [-0.3, -0.25) is 5.04 Å². The Labute approximate surface area is 150 Å². The van der Waals surface area contributed by atoms with Crippen LogP contribution in [0.5, 0.6) is 0 Å². The molecule has 25 heavy (non-hydrogen) atoms. The molecule has 4 aliphatic rings. The third kappa shape index (κ3) is 4.12. The number of ether oxygens (including phenoxy) is 3. The number of halogens is 2. The molecule has 0 aliphatic heterocycles. The molecule has 9 heteroatoms. The van der Waals surface area contributed by atoms with E-state index in [1.165, 1.54) is 0 Å². The summed E-state index contributed by atoms with van der Waals surface area (Å²) in [5.74, 6) is 0.471. The average Bonchev–Trinajstić information content (AvgIpc) is 2.51. The summed E-state index contributed by atoms with van der Waals surface area (Å²) in [4.78, 5) is 0. The van der Waals surface area contributed by atoms with Crippen LogP contribution in [-0.4, -0.2) is 43.4 Å². The lowest BCUT2D eigenvalue weighted by atomic mass is 9.46. The standard InChI is InChI=1S/C16H26F2O6S/c1-3-22-15-6-12-4-13(8-15,7-14(5-12,9-15)20-2)10-21-11-16(17,18)25-24-23-19/h12,19H,3-11H2,1-2H3/p-1. The topological polar surface area (TPSA) is 69.2 Å². The van der Waals surface area contributed by atoms with Gasteiger partial charge in [-0.05, 0) is 50.4 Å². The van der Waals surface area contributed by atoms with Crippen molar-refractivity contribution in [3.63, 3.8) is 0 Å². The van der Waals surface area contributed by atoms with Crippen molar-refractivity contribution in [3.8, 4) is 0 Å². The predicted molar refractivity (Wildman–Crippen MR) is 83.2 cm³/mol. The van der Waals surface area contributed by atoms with Crippen LogP contribution >= 0.6 is 12.0 Å². The van der Waals surface area contributed by atoms with Crippen molar-refractivity contribution in [2.24, 2.45) is 11.3 Å². The Morgan fingerprint density at radius 1 is 1.16 bits per heavy atom. The largest absolute Gasteiger partial charge is 0.691 e. The van der Waals surface area contributed by atoms with Gasteiger partial charge in [0.15, 0.2) is 0 Å². The molecule has 0 aromatic heterocycles. The Morgan fingerprint density at radius 2 is 1.88 bits per heavy atom. The van der Waals surface area contributed by atoms with Gasteiger partial charge in [-0.2, -0.15) is 13.1 Å². The molecule has 0 N–H and O–H groups in total.